The summed E-state index contributed by atoms with van der Waals surface area (Å²) in [6, 6.07) is 7.51. The van der Waals surface area contributed by atoms with E-state index in [9.17, 15) is 13.6 Å². The molecule has 1 aromatic carbocycles. The maximum Gasteiger partial charge on any atom is 0.411 e. The number of rotatable bonds is 8. The van der Waals surface area contributed by atoms with E-state index in [0.29, 0.717) is 23.5 Å². The summed E-state index contributed by atoms with van der Waals surface area (Å²) in [6.45, 7) is 6.03. The van der Waals surface area contributed by atoms with Gasteiger partial charge in [0.25, 0.3) is 6.43 Å². The molecule has 1 heterocycles. The van der Waals surface area contributed by atoms with E-state index < -0.39 is 18.1 Å². The van der Waals surface area contributed by atoms with Gasteiger partial charge in [0.15, 0.2) is 0 Å². The van der Waals surface area contributed by atoms with Gasteiger partial charge in [-0.15, -0.1) is 0 Å². The smallest absolute Gasteiger partial charge is 0.411 e. The van der Waals surface area contributed by atoms with Crippen molar-refractivity contribution in [2.75, 3.05) is 6.61 Å². The Morgan fingerprint density at radius 2 is 1.89 bits per heavy atom. The Morgan fingerprint density at radius 1 is 1.21 bits per heavy atom. The first-order chi connectivity index (χ1) is 13.1. The van der Waals surface area contributed by atoms with E-state index in [1.165, 1.54) is 24.4 Å². The molecule has 0 saturated heterocycles. The number of pyridine rings is 1. The van der Waals surface area contributed by atoms with Crippen LogP contribution < -0.4 is 20.9 Å². The Labute approximate surface area is 162 Å². The fourth-order valence-electron chi connectivity index (χ4n) is 3.01. The molecule has 0 aliphatic heterocycles. The number of primary amides is 1. The number of nitrogens with two attached hydrogens (primary N) is 2. The zero-order valence-electron chi connectivity index (χ0n) is 16.1. The average molecular weight is 393 g/mol. The highest BCUT2D eigenvalue weighted by molar-refractivity contribution is 5.70. The minimum atomic E-state index is -2.73. The van der Waals surface area contributed by atoms with Crippen molar-refractivity contribution >= 4 is 6.09 Å². The molecule has 0 aliphatic rings. The molecule has 0 aliphatic carbocycles. The predicted molar refractivity (Wildman–Crippen MR) is 102 cm³/mol. The molecule has 6 nitrogen and oxygen atoms in total. The molecule has 0 spiro atoms. The van der Waals surface area contributed by atoms with Crippen LogP contribution in [-0.2, 0) is 0 Å². The van der Waals surface area contributed by atoms with Gasteiger partial charge >= 0.3 is 6.09 Å². The lowest BCUT2D eigenvalue weighted by molar-refractivity contribution is 0.140. The number of amides is 1. The molecule has 1 amide bonds. The topological polar surface area (TPSA) is 100 Å². The number of hydrogen-bond acceptors (Lipinski definition) is 5. The van der Waals surface area contributed by atoms with Crippen LogP contribution in [0, 0.1) is 5.92 Å². The number of halogens is 2. The summed E-state index contributed by atoms with van der Waals surface area (Å²) in [4.78, 5) is 14.7. The number of carbonyl (C=O) groups is 1. The fraction of sp³-hybridized carbons (Fsp3) is 0.400. The molecule has 1 unspecified atom stereocenters. The van der Waals surface area contributed by atoms with Gasteiger partial charge in [0.05, 0.1) is 5.56 Å². The molecule has 4 N–H and O–H groups in total. The van der Waals surface area contributed by atoms with Gasteiger partial charge in [-0.25, -0.2) is 18.6 Å². The van der Waals surface area contributed by atoms with Crippen LogP contribution in [0.4, 0.5) is 13.6 Å². The van der Waals surface area contributed by atoms with E-state index >= 15 is 0 Å². The zero-order chi connectivity index (χ0) is 20.9. The van der Waals surface area contributed by atoms with E-state index in [1.54, 1.807) is 12.1 Å². The van der Waals surface area contributed by atoms with Crippen molar-refractivity contribution in [3.8, 4) is 22.8 Å². The normalized spacial score (nSPS) is 13.4. The van der Waals surface area contributed by atoms with Crippen molar-refractivity contribution in [3.05, 3.63) is 42.1 Å². The van der Waals surface area contributed by atoms with Gasteiger partial charge in [-0.2, -0.15) is 0 Å². The predicted octanol–water partition coefficient (Wildman–Crippen LogP) is 4.29. The van der Waals surface area contributed by atoms with Crippen molar-refractivity contribution in [2.45, 2.75) is 39.2 Å². The molecule has 2 rings (SSSR count). The van der Waals surface area contributed by atoms with E-state index in [0.717, 1.165) is 0 Å². The number of carbonyl (C=O) groups excluding carboxylic acids is 1. The second-order valence-electron chi connectivity index (χ2n) is 7.40. The Kier molecular flexibility index (Phi) is 6.90. The van der Waals surface area contributed by atoms with Crippen molar-refractivity contribution in [1.82, 2.24) is 4.98 Å². The first kappa shape index (κ1) is 21.6. The summed E-state index contributed by atoms with van der Waals surface area (Å²) >= 11 is 0. The second-order valence-corrected chi connectivity index (χ2v) is 7.40. The first-order valence-corrected chi connectivity index (χ1v) is 8.85. The third kappa shape index (κ3) is 6.16. The standard InChI is InChI=1S/C20H25F2N3O3/c1-12(2)10-20(3,24)11-27-16-5-4-13(8-15(16)18(21)22)14-6-7-25-17(9-14)28-19(23)26/h4-9,12,18H,10-11,24H2,1-3H3,(H2,23,26). The number of ether oxygens (including phenoxy) is 2. The molecule has 0 saturated carbocycles. The summed E-state index contributed by atoms with van der Waals surface area (Å²) in [7, 11) is 0. The van der Waals surface area contributed by atoms with Crippen LogP contribution in [-0.4, -0.2) is 23.2 Å². The minimum Gasteiger partial charge on any atom is -0.491 e. The van der Waals surface area contributed by atoms with Crippen molar-refractivity contribution in [2.24, 2.45) is 17.4 Å². The molecule has 152 valence electrons. The Morgan fingerprint density at radius 3 is 2.50 bits per heavy atom. The van der Waals surface area contributed by atoms with Crippen molar-refractivity contribution in [1.29, 1.82) is 0 Å². The fourth-order valence-corrected chi connectivity index (χ4v) is 3.01. The van der Waals surface area contributed by atoms with E-state index in [1.807, 2.05) is 20.8 Å². The van der Waals surface area contributed by atoms with Gasteiger partial charge in [-0.1, -0.05) is 19.9 Å². The van der Waals surface area contributed by atoms with Crippen LogP contribution in [0.3, 0.4) is 0 Å². The molecule has 2 aromatic rings. The lowest BCUT2D eigenvalue weighted by Crippen LogP contribution is -2.43. The highest BCUT2D eigenvalue weighted by atomic mass is 19.3. The van der Waals surface area contributed by atoms with Gasteiger partial charge in [0, 0.05) is 17.8 Å². The highest BCUT2D eigenvalue weighted by Crippen LogP contribution is 2.34. The molecule has 1 atom stereocenters. The Balaban J connectivity index is 2.27. The molecule has 1 aromatic heterocycles. The summed E-state index contributed by atoms with van der Waals surface area (Å²) in [5, 5.41) is 0. The van der Waals surface area contributed by atoms with Gasteiger partial charge in [-0.3, -0.25) is 0 Å². The molecule has 28 heavy (non-hydrogen) atoms. The largest absolute Gasteiger partial charge is 0.491 e. The lowest BCUT2D eigenvalue weighted by atomic mass is 9.93. The molecule has 0 bridgehead atoms. The van der Waals surface area contributed by atoms with Gasteiger partial charge < -0.3 is 20.9 Å². The van der Waals surface area contributed by atoms with Crippen LogP contribution in [0.15, 0.2) is 36.5 Å². The van der Waals surface area contributed by atoms with Crippen LogP contribution in [0.2, 0.25) is 0 Å². The Hall–Kier alpha value is -2.74. The van der Waals surface area contributed by atoms with Crippen LogP contribution >= 0.6 is 0 Å². The monoisotopic (exact) mass is 393 g/mol. The third-order valence-corrected chi connectivity index (χ3v) is 3.95. The van der Waals surface area contributed by atoms with Crippen LogP contribution in [0.25, 0.3) is 11.1 Å². The molecule has 0 radical (unpaired) electrons. The Bertz CT molecular complexity index is 826. The first-order valence-electron chi connectivity index (χ1n) is 8.85. The van der Waals surface area contributed by atoms with E-state index in [-0.39, 0.29) is 23.8 Å². The molecule has 8 heteroatoms. The molecular weight excluding hydrogens is 368 g/mol. The highest BCUT2D eigenvalue weighted by Gasteiger charge is 2.23. The van der Waals surface area contributed by atoms with Crippen LogP contribution in [0.5, 0.6) is 11.6 Å². The van der Waals surface area contributed by atoms with Gasteiger partial charge in [0.1, 0.15) is 12.4 Å². The number of alkyl halides is 2. The maximum atomic E-state index is 13.6. The molecule has 0 fully saturated rings. The number of aromatic nitrogens is 1. The number of hydrogen-bond donors (Lipinski definition) is 2. The van der Waals surface area contributed by atoms with Crippen molar-refractivity contribution < 1.29 is 23.0 Å². The van der Waals surface area contributed by atoms with E-state index in [4.69, 9.17) is 20.9 Å². The second kappa shape index (κ2) is 8.97. The average Bonchev–Trinajstić information content (AvgIpc) is 2.58. The van der Waals surface area contributed by atoms with Crippen molar-refractivity contribution in [3.63, 3.8) is 0 Å². The summed E-state index contributed by atoms with van der Waals surface area (Å²) in [5.41, 5.74) is 11.3. The van der Waals surface area contributed by atoms with E-state index in [2.05, 4.69) is 4.98 Å². The van der Waals surface area contributed by atoms with Gasteiger partial charge in [-0.05, 0) is 48.6 Å². The lowest BCUT2D eigenvalue weighted by Gasteiger charge is -2.27. The SMILES string of the molecule is CC(C)CC(C)(N)COc1ccc(-c2ccnc(OC(N)=O)c2)cc1C(F)F. The summed E-state index contributed by atoms with van der Waals surface area (Å²) < 4.78 is 37.5. The quantitative estimate of drug-likeness (QED) is 0.697. The number of benzene rings is 1. The minimum absolute atomic E-state index is 0.0171. The summed E-state index contributed by atoms with van der Waals surface area (Å²) in [5.74, 6) is 0.428. The van der Waals surface area contributed by atoms with Gasteiger partial charge in [0.2, 0.25) is 5.88 Å². The number of nitrogens with zero attached hydrogens (tertiary/aromatic N) is 1. The maximum absolute atomic E-state index is 13.6. The van der Waals surface area contributed by atoms with Crippen LogP contribution in [0.1, 0.15) is 39.2 Å². The zero-order valence-corrected chi connectivity index (χ0v) is 16.1. The molecular formula is C20H25F2N3O3. The summed E-state index contributed by atoms with van der Waals surface area (Å²) in [6.07, 6.45) is -1.64. The third-order valence-electron chi connectivity index (χ3n) is 3.95.